The first-order chi connectivity index (χ1) is 13.2. The normalized spacial score (nSPS) is 10.6. The summed E-state index contributed by atoms with van der Waals surface area (Å²) in [7, 11) is -6.03. The van der Waals surface area contributed by atoms with Gasteiger partial charge in [0.05, 0.1) is 0 Å². The molecule has 1 N–H and O–H groups in total. The van der Waals surface area contributed by atoms with Gasteiger partial charge < -0.3 is 20.7 Å². The molecular weight excluding hydrogens is 578 g/mol. The zero-order valence-corrected chi connectivity index (χ0v) is 17.8. The first-order valence-corrected chi connectivity index (χ1v) is 9.62. The standard InChI is InChI=1S/C9H9BN6.C2H5.CHF3O3S.O.Re/c1-4-11-14(7-1)10(15-8-2-5-12-15)16-9-3-6-13-16;1-2;2-1(3,4)8(5,6)7;;/h1-9H;1H2,2H3;(H,5,6,7);;/q2*-1;;+1;. The molecule has 0 aliphatic carbocycles. The Morgan fingerprint density at radius 2 is 1.18 bits per heavy atom. The molecule has 0 fully saturated rings. The number of rotatable bonds is 3. The topological polar surface area (TPSA) is 128 Å². The van der Waals surface area contributed by atoms with Gasteiger partial charge in [0, 0.05) is 18.6 Å². The summed E-state index contributed by atoms with van der Waals surface area (Å²) in [5.74, 6) is 0. The molecule has 0 unspecified atom stereocenters. The van der Waals surface area contributed by atoms with Gasteiger partial charge in [-0.2, -0.15) is 28.5 Å². The molecule has 3 aromatic heterocycles. The quantitative estimate of drug-likeness (QED) is 0.161. The van der Waals surface area contributed by atoms with Crippen molar-refractivity contribution < 1.29 is 48.4 Å². The van der Waals surface area contributed by atoms with Crippen molar-refractivity contribution in [1.82, 2.24) is 29.1 Å². The van der Waals surface area contributed by atoms with Crippen LogP contribution in [-0.4, -0.2) is 54.7 Å². The third-order valence-electron chi connectivity index (χ3n) is 2.58. The molecule has 155 valence electrons. The van der Waals surface area contributed by atoms with Crippen LogP contribution in [0.15, 0.2) is 55.4 Å². The van der Waals surface area contributed by atoms with Gasteiger partial charge in [0.25, 0.3) is 7.12 Å². The van der Waals surface area contributed by atoms with Gasteiger partial charge in [-0.1, -0.05) is 0 Å². The number of aromatic nitrogens is 6. The van der Waals surface area contributed by atoms with Gasteiger partial charge >= 0.3 is 37.9 Å². The Balaban J connectivity index is 0.000000520. The van der Waals surface area contributed by atoms with Gasteiger partial charge in [-0.3, -0.25) is 4.55 Å². The summed E-state index contributed by atoms with van der Waals surface area (Å²) in [5, 5.41) is 12.7. The molecule has 0 saturated carbocycles. The van der Waals surface area contributed by atoms with Crippen molar-refractivity contribution in [3.8, 4) is 0 Å². The second-order valence-electron chi connectivity index (χ2n) is 4.23. The zero-order chi connectivity index (χ0) is 21.8. The smallest absolute Gasteiger partial charge is 0.260 e. The maximum atomic E-state index is 10.7. The summed E-state index contributed by atoms with van der Waals surface area (Å²) in [6.45, 7) is 5.00. The summed E-state index contributed by atoms with van der Waals surface area (Å²) < 4.78 is 71.2. The van der Waals surface area contributed by atoms with E-state index in [9.17, 15) is 13.2 Å². The third kappa shape index (κ3) is 7.95. The molecule has 28 heavy (non-hydrogen) atoms. The van der Waals surface area contributed by atoms with E-state index < -0.39 is 15.6 Å². The molecule has 10 nitrogen and oxygen atoms in total. The predicted molar refractivity (Wildman–Crippen MR) is 88.0 cm³/mol. The summed E-state index contributed by atoms with van der Waals surface area (Å²) in [4.78, 5) is 0. The molecule has 3 heterocycles. The van der Waals surface area contributed by atoms with Gasteiger partial charge in [-0.05, 0) is 36.8 Å². The fraction of sp³-hybridized carbons (Fsp3) is 0.167. The first kappa shape index (κ1) is 26.0. The van der Waals surface area contributed by atoms with E-state index in [4.69, 9.17) is 16.3 Å². The van der Waals surface area contributed by atoms with Crippen LogP contribution in [0.25, 0.3) is 0 Å². The van der Waals surface area contributed by atoms with Gasteiger partial charge in [-0.25, -0.2) is 15.3 Å². The largest absolute Gasteiger partial charge is 0.425 e. The average Bonchev–Trinajstić information content (AvgIpc) is 3.43. The van der Waals surface area contributed by atoms with Crippen LogP contribution < -0.4 is 0 Å². The van der Waals surface area contributed by atoms with Crippen molar-refractivity contribution in [2.75, 3.05) is 0 Å². The molecule has 16 heteroatoms. The average molecular weight is 593 g/mol. The molecule has 0 aromatic carbocycles. The molecular formula is C12H15BF3N6O4ReS-. The Morgan fingerprint density at radius 3 is 1.32 bits per heavy atom. The molecule has 0 amide bonds. The van der Waals surface area contributed by atoms with Crippen LogP contribution in [0.3, 0.4) is 0 Å². The Morgan fingerprint density at radius 1 is 0.929 bits per heavy atom. The van der Waals surface area contributed by atoms with Crippen molar-refractivity contribution in [3.05, 3.63) is 62.3 Å². The van der Waals surface area contributed by atoms with Crippen molar-refractivity contribution in [1.29, 1.82) is 0 Å². The maximum Gasteiger partial charge on any atom is 0.260 e. The van der Waals surface area contributed by atoms with Gasteiger partial charge in [0.2, 0.25) is 0 Å². The van der Waals surface area contributed by atoms with Crippen molar-refractivity contribution in [2.24, 2.45) is 0 Å². The number of hydrogen-bond donors (Lipinski definition) is 1. The van der Waals surface area contributed by atoms with E-state index in [1.165, 1.54) is 0 Å². The molecule has 0 aliphatic heterocycles. The van der Waals surface area contributed by atoms with Gasteiger partial charge in [-0.15, -0.1) is 0 Å². The molecule has 0 bridgehead atoms. The van der Waals surface area contributed by atoms with Crippen molar-refractivity contribution in [2.45, 2.75) is 12.4 Å². The first-order valence-electron chi connectivity index (χ1n) is 7.07. The number of nitrogens with zero attached hydrogens (tertiary/aromatic N) is 6. The minimum atomic E-state index is -5.84. The molecule has 0 spiro atoms. The van der Waals surface area contributed by atoms with Gasteiger partial charge in [0.15, 0.2) is 0 Å². The Kier molecular flexibility index (Phi) is 11.6. The molecule has 3 rings (SSSR count). The van der Waals surface area contributed by atoms with Crippen LogP contribution >= 0.6 is 0 Å². The van der Waals surface area contributed by atoms with E-state index in [2.05, 4.69) is 22.2 Å². The maximum absolute atomic E-state index is 10.7. The van der Waals surface area contributed by atoms with Crippen LogP contribution in [0, 0.1) is 6.92 Å². The Bertz CT molecular complexity index is 804. The summed E-state index contributed by atoms with van der Waals surface area (Å²) in [6.07, 6.45) is 10.9. The van der Waals surface area contributed by atoms with Crippen LogP contribution in [0.2, 0.25) is 0 Å². The van der Waals surface area contributed by atoms with Crippen molar-refractivity contribution >= 4 is 17.2 Å². The fourth-order valence-corrected chi connectivity index (χ4v) is 1.62. The monoisotopic (exact) mass is 594 g/mol. The SMILES string of the molecule is O=S(=O)(O)C(F)(F)F.[CH2-]C.[O+]#[Re].c1cnn([B-](n2cccn2)n2cccn2)c1. The fourth-order valence-electron chi connectivity index (χ4n) is 1.62. The Labute approximate surface area is 169 Å². The van der Waals surface area contributed by atoms with Crippen LogP contribution in [-0.2, 0) is 32.4 Å². The second-order valence-corrected chi connectivity index (χ2v) is 5.64. The van der Waals surface area contributed by atoms with Crippen LogP contribution in [0.1, 0.15) is 6.92 Å². The second kappa shape index (κ2) is 12.5. The summed E-state index contributed by atoms with van der Waals surface area (Å²) in [5.41, 5.74) is -5.53. The molecule has 0 atom stereocenters. The van der Waals surface area contributed by atoms with Crippen LogP contribution in [0.4, 0.5) is 13.2 Å². The summed E-state index contributed by atoms with van der Waals surface area (Å²) in [6, 6.07) is 5.62. The molecule has 1 radical (unpaired) electrons. The van der Waals surface area contributed by atoms with E-state index in [0.717, 1.165) is 0 Å². The van der Waals surface area contributed by atoms with Gasteiger partial charge in [0.1, 0.15) is 0 Å². The van der Waals surface area contributed by atoms with E-state index >= 15 is 0 Å². The van der Waals surface area contributed by atoms with Crippen LogP contribution in [0.5, 0.6) is 0 Å². The Hall–Kier alpha value is -1.98. The third-order valence-corrected chi connectivity index (χ3v) is 3.16. The number of alkyl halides is 3. The predicted octanol–water partition coefficient (Wildman–Crippen LogP) is 1.32. The molecule has 0 aliphatic rings. The number of halogens is 3. The zero-order valence-electron chi connectivity index (χ0n) is 14.3. The van der Waals surface area contributed by atoms with E-state index in [0.29, 0.717) is 19.0 Å². The number of hydrogen-bond acceptors (Lipinski definition) is 5. The molecule has 0 saturated heterocycles. The molecule has 3 aromatic rings. The summed E-state index contributed by atoms with van der Waals surface area (Å²) >= 11 is 0.472. The minimum Gasteiger partial charge on any atom is -0.425 e. The van der Waals surface area contributed by atoms with E-state index in [1.54, 1.807) is 39.3 Å². The van der Waals surface area contributed by atoms with Crippen molar-refractivity contribution in [3.63, 3.8) is 0 Å². The van der Waals surface area contributed by atoms with E-state index in [-0.39, 0.29) is 7.12 Å². The van der Waals surface area contributed by atoms with E-state index in [1.807, 2.05) is 36.8 Å². The minimum absolute atomic E-state index is 0.194.